The molecular weight excluding hydrogens is 665 g/mol. The molecular formula is C45H34N2O2S2. The fourth-order valence-corrected chi connectivity index (χ4v) is 8.88. The average Bonchev–Trinajstić information content (AvgIpc) is 3.18. The van der Waals surface area contributed by atoms with Gasteiger partial charge in [0.05, 0.1) is 36.5 Å². The largest absolute Gasteiger partial charge is 0.497 e. The fourth-order valence-electron chi connectivity index (χ4n) is 7.14. The molecule has 0 aromatic heterocycles. The van der Waals surface area contributed by atoms with Crippen LogP contribution in [0.3, 0.4) is 0 Å². The summed E-state index contributed by atoms with van der Waals surface area (Å²) in [5.41, 5.74) is 7.52. The van der Waals surface area contributed by atoms with E-state index in [2.05, 4.69) is 156 Å². The molecule has 8 aromatic rings. The number of benzene rings is 8. The van der Waals surface area contributed by atoms with Crippen molar-refractivity contribution in [2.24, 2.45) is 0 Å². The molecule has 4 nitrogen and oxygen atoms in total. The smallest absolute Gasteiger partial charge is 0.119 e. The molecule has 51 heavy (non-hydrogen) atoms. The molecule has 0 amide bonds. The normalized spacial score (nSPS) is 12.4. The maximum absolute atomic E-state index is 9.81. The molecule has 248 valence electrons. The Kier molecular flexibility index (Phi) is 8.08. The van der Waals surface area contributed by atoms with Crippen molar-refractivity contribution in [1.29, 1.82) is 0 Å². The van der Waals surface area contributed by atoms with Crippen LogP contribution in [0.4, 0.5) is 34.1 Å². The van der Waals surface area contributed by atoms with Crippen molar-refractivity contribution in [2.45, 2.75) is 21.3 Å². The summed E-state index contributed by atoms with van der Waals surface area (Å²) in [6.45, 7) is 0.0232. The number of aliphatic hydroxyl groups excluding tert-OH is 1. The van der Waals surface area contributed by atoms with Gasteiger partial charge in [-0.05, 0) is 123 Å². The zero-order valence-corrected chi connectivity index (χ0v) is 29.8. The number of rotatable bonds is 7. The monoisotopic (exact) mass is 698 g/mol. The quantitative estimate of drug-likeness (QED) is 0.167. The van der Waals surface area contributed by atoms with Gasteiger partial charge in [-0.1, -0.05) is 84.6 Å². The van der Waals surface area contributed by atoms with E-state index >= 15 is 0 Å². The van der Waals surface area contributed by atoms with Gasteiger partial charge in [-0.15, -0.1) is 11.8 Å². The van der Waals surface area contributed by atoms with Crippen molar-refractivity contribution in [3.05, 3.63) is 157 Å². The van der Waals surface area contributed by atoms with Crippen LogP contribution >= 0.6 is 23.5 Å². The lowest BCUT2D eigenvalue weighted by atomic mass is 9.99. The summed E-state index contributed by atoms with van der Waals surface area (Å²) in [7, 11) is 1.71. The third kappa shape index (κ3) is 5.66. The second kappa shape index (κ2) is 13.1. The number of hydrogen-bond donors (Lipinski definition) is 1. The minimum atomic E-state index is 0.0232. The van der Waals surface area contributed by atoms with Gasteiger partial charge in [0.1, 0.15) is 5.75 Å². The van der Waals surface area contributed by atoms with E-state index in [9.17, 15) is 5.11 Å². The van der Waals surface area contributed by atoms with E-state index in [1.165, 1.54) is 25.5 Å². The summed E-state index contributed by atoms with van der Waals surface area (Å²) in [6, 6.07) is 54.4. The molecule has 0 fully saturated rings. The Morgan fingerprint density at radius 1 is 0.510 bits per heavy atom. The standard InChI is InChI=1S/C45H34N2O2S2/c1-49-38-19-16-34-22-37(18-15-35(34)23-38)46-40-24-30-8-6-7-9-31(30)25-41(40)47(36-17-14-32-20-29(28-48)12-13-33(32)21-36)43-27-45(44(50-2)26-42(43)46)51-39-10-4-3-5-11-39/h3-27,48H,28H2,1-2H3. The molecule has 0 bridgehead atoms. The molecule has 0 atom stereocenters. The Morgan fingerprint density at radius 3 is 1.63 bits per heavy atom. The Bertz CT molecular complexity index is 2610. The van der Waals surface area contributed by atoms with Gasteiger partial charge in [-0.25, -0.2) is 0 Å². The molecule has 0 radical (unpaired) electrons. The lowest BCUT2D eigenvalue weighted by molar-refractivity contribution is 0.282. The lowest BCUT2D eigenvalue weighted by Crippen LogP contribution is -2.24. The van der Waals surface area contributed by atoms with Crippen LogP contribution in [-0.4, -0.2) is 18.5 Å². The molecule has 1 heterocycles. The number of ether oxygens (including phenoxy) is 1. The van der Waals surface area contributed by atoms with Crippen LogP contribution in [-0.2, 0) is 6.61 Å². The highest BCUT2D eigenvalue weighted by atomic mass is 32.2. The van der Waals surface area contributed by atoms with Crippen molar-refractivity contribution >= 4 is 90.0 Å². The number of fused-ring (bicyclic) bond motifs is 5. The van der Waals surface area contributed by atoms with E-state index in [1.54, 1.807) is 30.6 Å². The number of anilines is 6. The fraction of sp³-hybridized carbons (Fsp3) is 0.0667. The molecule has 8 aromatic carbocycles. The predicted molar refractivity (Wildman–Crippen MR) is 217 cm³/mol. The minimum absolute atomic E-state index is 0.0232. The molecule has 1 aliphatic rings. The van der Waals surface area contributed by atoms with Gasteiger partial charge in [-0.2, -0.15) is 0 Å². The van der Waals surface area contributed by atoms with Gasteiger partial charge in [0.25, 0.3) is 0 Å². The minimum Gasteiger partial charge on any atom is -0.497 e. The molecule has 9 rings (SSSR count). The van der Waals surface area contributed by atoms with Crippen LogP contribution in [0.5, 0.6) is 5.75 Å². The predicted octanol–water partition coefficient (Wildman–Crippen LogP) is 12.8. The summed E-state index contributed by atoms with van der Waals surface area (Å²) in [4.78, 5) is 8.49. The van der Waals surface area contributed by atoms with Gasteiger partial charge in [0.2, 0.25) is 0 Å². The molecule has 1 aliphatic heterocycles. The Hall–Kier alpha value is -5.40. The van der Waals surface area contributed by atoms with Crippen molar-refractivity contribution < 1.29 is 9.84 Å². The van der Waals surface area contributed by atoms with E-state index in [1.807, 2.05) is 12.1 Å². The topological polar surface area (TPSA) is 35.9 Å². The Labute approximate surface area is 305 Å². The molecule has 0 spiro atoms. The molecule has 1 N–H and O–H groups in total. The van der Waals surface area contributed by atoms with E-state index < -0.39 is 0 Å². The van der Waals surface area contributed by atoms with Crippen molar-refractivity contribution in [1.82, 2.24) is 0 Å². The first-order valence-electron chi connectivity index (χ1n) is 16.9. The summed E-state index contributed by atoms with van der Waals surface area (Å²) >= 11 is 3.58. The first-order chi connectivity index (χ1) is 25.1. The average molecular weight is 699 g/mol. The van der Waals surface area contributed by atoms with E-state index in [0.29, 0.717) is 0 Å². The van der Waals surface area contributed by atoms with Crippen molar-refractivity contribution in [2.75, 3.05) is 23.2 Å². The van der Waals surface area contributed by atoms with Gasteiger partial charge in [-0.3, -0.25) is 0 Å². The second-order valence-electron chi connectivity index (χ2n) is 12.7. The highest BCUT2D eigenvalue weighted by Gasteiger charge is 2.33. The number of hydrogen-bond acceptors (Lipinski definition) is 6. The first kappa shape index (κ1) is 31.6. The van der Waals surface area contributed by atoms with Gasteiger partial charge in [0, 0.05) is 26.1 Å². The van der Waals surface area contributed by atoms with E-state index in [4.69, 9.17) is 4.74 Å². The molecule has 0 unspecified atom stereocenters. The van der Waals surface area contributed by atoms with Crippen LogP contribution in [0.25, 0.3) is 32.3 Å². The highest BCUT2D eigenvalue weighted by Crippen LogP contribution is 2.57. The van der Waals surface area contributed by atoms with E-state index in [-0.39, 0.29) is 6.61 Å². The van der Waals surface area contributed by atoms with Gasteiger partial charge >= 0.3 is 0 Å². The molecule has 0 saturated heterocycles. The zero-order valence-electron chi connectivity index (χ0n) is 28.2. The van der Waals surface area contributed by atoms with Crippen LogP contribution in [0.1, 0.15) is 5.56 Å². The third-order valence-electron chi connectivity index (χ3n) is 9.66. The number of aliphatic hydroxyl groups is 1. The maximum atomic E-state index is 9.81. The molecule has 0 aliphatic carbocycles. The van der Waals surface area contributed by atoms with Gasteiger partial charge < -0.3 is 19.6 Å². The SMILES string of the molecule is COc1ccc2cc(N3c4cc(SC)c(Sc5ccccc5)cc4N(c4ccc5cc(CO)ccc5c4)c4cc5ccccc5cc43)ccc2c1. The summed E-state index contributed by atoms with van der Waals surface area (Å²) in [6.07, 6.45) is 2.16. The van der Waals surface area contributed by atoms with Crippen LogP contribution < -0.4 is 14.5 Å². The van der Waals surface area contributed by atoms with Crippen LogP contribution in [0.2, 0.25) is 0 Å². The molecule has 0 saturated carbocycles. The van der Waals surface area contributed by atoms with Crippen molar-refractivity contribution in [3.63, 3.8) is 0 Å². The van der Waals surface area contributed by atoms with Gasteiger partial charge in [0.15, 0.2) is 0 Å². The van der Waals surface area contributed by atoms with Crippen molar-refractivity contribution in [3.8, 4) is 5.75 Å². The van der Waals surface area contributed by atoms with Crippen LogP contribution in [0.15, 0.2) is 166 Å². The Morgan fingerprint density at radius 2 is 1.02 bits per heavy atom. The molecule has 6 heteroatoms. The maximum Gasteiger partial charge on any atom is 0.119 e. The van der Waals surface area contributed by atoms with Crippen LogP contribution in [0, 0.1) is 0 Å². The summed E-state index contributed by atoms with van der Waals surface area (Å²) < 4.78 is 5.54. The first-order valence-corrected chi connectivity index (χ1v) is 18.9. The lowest BCUT2D eigenvalue weighted by Gasteiger charge is -2.41. The zero-order chi connectivity index (χ0) is 34.5. The second-order valence-corrected chi connectivity index (χ2v) is 14.7. The summed E-state index contributed by atoms with van der Waals surface area (Å²) in [5.74, 6) is 0.849. The summed E-state index contributed by atoms with van der Waals surface area (Å²) in [5, 5.41) is 16.7. The highest BCUT2D eigenvalue weighted by molar-refractivity contribution is 8.02. The Balaban J connectivity index is 1.33. The van der Waals surface area contributed by atoms with E-state index in [0.717, 1.165) is 67.0 Å². The third-order valence-corrected chi connectivity index (χ3v) is 11.6. The number of methoxy groups -OCH3 is 1. The number of nitrogens with zero attached hydrogens (tertiary/aromatic N) is 2. The number of thioether (sulfide) groups is 1.